The summed E-state index contributed by atoms with van der Waals surface area (Å²) in [7, 11) is 0. The van der Waals surface area contributed by atoms with Crippen molar-refractivity contribution >= 4 is 17.4 Å². The minimum Gasteiger partial charge on any atom is -0.454 e. The molecule has 0 aliphatic carbocycles. The number of benzene rings is 2. The lowest BCUT2D eigenvalue weighted by Gasteiger charge is -2.43. The Labute approximate surface area is 166 Å². The van der Waals surface area contributed by atoms with Crippen LogP contribution in [0.2, 0.25) is 0 Å². The number of amides is 1. The molecule has 1 fully saturated rings. The summed E-state index contributed by atoms with van der Waals surface area (Å²) in [6.45, 7) is 10.3. The van der Waals surface area contributed by atoms with E-state index < -0.39 is 0 Å². The Kier molecular flexibility index (Phi) is 4.61. The molecular weight excluding hydrogens is 350 g/mol. The molecule has 1 atom stereocenters. The Morgan fingerprint density at radius 1 is 1.04 bits per heavy atom. The van der Waals surface area contributed by atoms with Crippen molar-refractivity contribution in [1.82, 2.24) is 9.80 Å². The summed E-state index contributed by atoms with van der Waals surface area (Å²) in [5.74, 6) is 2.69. The van der Waals surface area contributed by atoms with E-state index in [1.807, 2.05) is 68.1 Å². The second-order valence-electron chi connectivity index (χ2n) is 8.54. The predicted octanol–water partition coefficient (Wildman–Crippen LogP) is 4.45. The SMILES string of the molecule is CC1CN(C2=Nc3ccccc3Oc3ccccc32)CCN1C(=O)C(C)(C)C. The fourth-order valence-corrected chi connectivity index (χ4v) is 3.79. The molecule has 0 spiro atoms. The van der Waals surface area contributed by atoms with Gasteiger partial charge in [0.05, 0.1) is 5.56 Å². The molecular formula is C23H27N3O2. The molecule has 5 heteroatoms. The Morgan fingerprint density at radius 3 is 2.43 bits per heavy atom. The molecule has 2 heterocycles. The van der Waals surface area contributed by atoms with Gasteiger partial charge in [-0.3, -0.25) is 4.79 Å². The maximum absolute atomic E-state index is 12.8. The second kappa shape index (κ2) is 6.97. The van der Waals surface area contributed by atoms with Crippen LogP contribution in [-0.4, -0.2) is 47.2 Å². The Hall–Kier alpha value is -2.82. The first kappa shape index (κ1) is 18.5. The van der Waals surface area contributed by atoms with Crippen LogP contribution in [-0.2, 0) is 4.79 Å². The summed E-state index contributed by atoms with van der Waals surface area (Å²) in [6.07, 6.45) is 0. The second-order valence-corrected chi connectivity index (χ2v) is 8.54. The van der Waals surface area contributed by atoms with Gasteiger partial charge in [-0.05, 0) is 31.2 Å². The highest BCUT2D eigenvalue weighted by Crippen LogP contribution is 2.38. The number of aliphatic imine (C=N–C) groups is 1. The van der Waals surface area contributed by atoms with Crippen molar-refractivity contribution in [3.8, 4) is 11.5 Å². The summed E-state index contributed by atoms with van der Waals surface area (Å²) in [5, 5.41) is 0. The highest BCUT2D eigenvalue weighted by molar-refractivity contribution is 6.03. The van der Waals surface area contributed by atoms with Crippen molar-refractivity contribution in [3.05, 3.63) is 54.1 Å². The molecule has 2 aliphatic heterocycles. The fourth-order valence-electron chi connectivity index (χ4n) is 3.79. The van der Waals surface area contributed by atoms with Crippen molar-refractivity contribution in [1.29, 1.82) is 0 Å². The van der Waals surface area contributed by atoms with Gasteiger partial charge in [0.2, 0.25) is 5.91 Å². The van der Waals surface area contributed by atoms with Crippen LogP contribution in [0.15, 0.2) is 53.5 Å². The first-order chi connectivity index (χ1) is 13.3. The number of rotatable bonds is 0. The number of nitrogens with zero attached hydrogens (tertiary/aromatic N) is 3. The molecule has 28 heavy (non-hydrogen) atoms. The topological polar surface area (TPSA) is 45.1 Å². The molecule has 5 nitrogen and oxygen atoms in total. The lowest BCUT2D eigenvalue weighted by molar-refractivity contribution is -0.143. The standard InChI is InChI=1S/C23H27N3O2/c1-16-15-25(13-14-26(16)22(27)23(2,3)4)21-17-9-5-7-11-19(17)28-20-12-8-6-10-18(20)24-21/h5-12,16H,13-15H2,1-4H3. The smallest absolute Gasteiger partial charge is 0.228 e. The van der Waals surface area contributed by atoms with E-state index in [-0.39, 0.29) is 17.4 Å². The molecule has 2 aromatic carbocycles. The molecule has 1 unspecified atom stereocenters. The number of amidine groups is 1. The quantitative estimate of drug-likeness (QED) is 0.681. The van der Waals surface area contributed by atoms with Crippen molar-refractivity contribution < 1.29 is 9.53 Å². The molecule has 1 amide bonds. The van der Waals surface area contributed by atoms with Gasteiger partial charge < -0.3 is 14.5 Å². The predicted molar refractivity (Wildman–Crippen MR) is 111 cm³/mol. The summed E-state index contributed by atoms with van der Waals surface area (Å²) >= 11 is 0. The minimum absolute atomic E-state index is 0.120. The summed E-state index contributed by atoms with van der Waals surface area (Å²) in [6, 6.07) is 16.0. The molecule has 2 aliphatic rings. The maximum atomic E-state index is 12.8. The Balaban J connectivity index is 1.67. The van der Waals surface area contributed by atoms with Gasteiger partial charge in [-0.2, -0.15) is 0 Å². The van der Waals surface area contributed by atoms with Crippen LogP contribution in [0.25, 0.3) is 0 Å². The zero-order chi connectivity index (χ0) is 19.9. The van der Waals surface area contributed by atoms with Gasteiger partial charge in [-0.15, -0.1) is 0 Å². The van der Waals surface area contributed by atoms with Crippen LogP contribution in [0.3, 0.4) is 0 Å². The van der Waals surface area contributed by atoms with Crippen LogP contribution < -0.4 is 4.74 Å². The van der Waals surface area contributed by atoms with Gasteiger partial charge in [0.15, 0.2) is 5.75 Å². The van der Waals surface area contributed by atoms with Crippen LogP contribution in [0, 0.1) is 5.41 Å². The van der Waals surface area contributed by atoms with Gasteiger partial charge in [-0.25, -0.2) is 4.99 Å². The molecule has 1 saturated heterocycles. The molecule has 4 rings (SSSR count). The number of ether oxygens (including phenoxy) is 1. The molecule has 146 valence electrons. The monoisotopic (exact) mass is 377 g/mol. The molecule has 0 N–H and O–H groups in total. The van der Waals surface area contributed by atoms with Crippen LogP contribution in [0.5, 0.6) is 11.5 Å². The van der Waals surface area contributed by atoms with Crippen LogP contribution >= 0.6 is 0 Å². The molecule has 0 bridgehead atoms. The maximum Gasteiger partial charge on any atom is 0.228 e. The lowest BCUT2D eigenvalue weighted by atomic mass is 9.93. The zero-order valence-corrected chi connectivity index (χ0v) is 17.0. The van der Waals surface area contributed by atoms with Gasteiger partial charge >= 0.3 is 0 Å². The van der Waals surface area contributed by atoms with Gasteiger partial charge in [0.25, 0.3) is 0 Å². The van der Waals surface area contributed by atoms with Crippen LogP contribution in [0.1, 0.15) is 33.3 Å². The third kappa shape index (κ3) is 3.37. The third-order valence-electron chi connectivity index (χ3n) is 5.27. The van der Waals surface area contributed by atoms with E-state index in [0.29, 0.717) is 6.54 Å². The molecule has 2 aromatic rings. The number of hydrogen-bond acceptors (Lipinski definition) is 4. The number of fused-ring (bicyclic) bond motifs is 2. The van der Waals surface area contributed by atoms with Gasteiger partial charge in [0.1, 0.15) is 17.3 Å². The van der Waals surface area contributed by atoms with E-state index in [1.165, 1.54) is 0 Å². The van der Waals surface area contributed by atoms with E-state index >= 15 is 0 Å². The van der Waals surface area contributed by atoms with E-state index in [4.69, 9.17) is 9.73 Å². The first-order valence-corrected chi connectivity index (χ1v) is 9.85. The number of para-hydroxylation sites is 3. The lowest BCUT2D eigenvalue weighted by Crippen LogP contribution is -2.57. The minimum atomic E-state index is -0.365. The van der Waals surface area contributed by atoms with Gasteiger partial charge in [0, 0.05) is 31.1 Å². The highest BCUT2D eigenvalue weighted by atomic mass is 16.5. The largest absolute Gasteiger partial charge is 0.454 e. The van der Waals surface area contributed by atoms with Crippen molar-refractivity contribution in [2.75, 3.05) is 19.6 Å². The fraction of sp³-hybridized carbons (Fsp3) is 0.391. The number of carbonyl (C=O) groups is 1. The van der Waals surface area contributed by atoms with Crippen molar-refractivity contribution in [2.24, 2.45) is 10.4 Å². The van der Waals surface area contributed by atoms with E-state index in [0.717, 1.165) is 41.7 Å². The average Bonchev–Trinajstić information content (AvgIpc) is 2.83. The zero-order valence-electron chi connectivity index (χ0n) is 17.0. The number of piperazine rings is 1. The normalized spacial score (nSPS) is 19.1. The summed E-state index contributed by atoms with van der Waals surface area (Å²) < 4.78 is 6.15. The van der Waals surface area contributed by atoms with Gasteiger partial charge in [-0.1, -0.05) is 45.0 Å². The van der Waals surface area contributed by atoms with Crippen molar-refractivity contribution in [2.45, 2.75) is 33.7 Å². The first-order valence-electron chi connectivity index (χ1n) is 9.85. The van der Waals surface area contributed by atoms with Crippen molar-refractivity contribution in [3.63, 3.8) is 0 Å². The Morgan fingerprint density at radius 2 is 1.71 bits per heavy atom. The number of carbonyl (C=O) groups excluding carboxylic acids is 1. The van der Waals surface area contributed by atoms with E-state index in [2.05, 4.69) is 17.9 Å². The third-order valence-corrected chi connectivity index (χ3v) is 5.27. The Bertz CT molecular complexity index is 929. The average molecular weight is 377 g/mol. The van der Waals surface area contributed by atoms with E-state index in [1.54, 1.807) is 0 Å². The molecule has 0 saturated carbocycles. The summed E-state index contributed by atoms with van der Waals surface area (Å²) in [4.78, 5) is 22.0. The molecule has 0 aromatic heterocycles. The summed E-state index contributed by atoms with van der Waals surface area (Å²) in [5.41, 5.74) is 1.45. The van der Waals surface area contributed by atoms with E-state index in [9.17, 15) is 4.79 Å². The number of hydrogen-bond donors (Lipinski definition) is 0. The van der Waals surface area contributed by atoms with Crippen LogP contribution in [0.4, 0.5) is 5.69 Å². The molecule has 0 radical (unpaired) electrons. The highest BCUT2D eigenvalue weighted by Gasteiger charge is 2.35.